The third-order valence-electron chi connectivity index (χ3n) is 2.69. The minimum atomic E-state index is -0.837. The van der Waals surface area contributed by atoms with E-state index in [1.54, 1.807) is 19.4 Å². The van der Waals surface area contributed by atoms with E-state index < -0.39 is 6.10 Å². The van der Waals surface area contributed by atoms with Crippen molar-refractivity contribution in [3.63, 3.8) is 0 Å². The molecule has 0 spiro atoms. The van der Waals surface area contributed by atoms with Crippen LogP contribution in [0.4, 0.5) is 0 Å². The second kappa shape index (κ2) is 5.51. The molecule has 1 aromatic carbocycles. The molecule has 18 heavy (non-hydrogen) atoms. The summed E-state index contributed by atoms with van der Waals surface area (Å²) in [5.41, 5.74) is 1.21. The van der Waals surface area contributed by atoms with Gasteiger partial charge in [-0.2, -0.15) is 0 Å². The van der Waals surface area contributed by atoms with Crippen molar-refractivity contribution in [1.29, 1.82) is 0 Å². The van der Waals surface area contributed by atoms with Gasteiger partial charge in [0.25, 0.3) is 0 Å². The van der Waals surface area contributed by atoms with Gasteiger partial charge in [-0.3, -0.25) is 4.98 Å². The van der Waals surface area contributed by atoms with E-state index in [-0.39, 0.29) is 0 Å². The van der Waals surface area contributed by atoms with Gasteiger partial charge in [0.15, 0.2) is 11.5 Å². The SMILES string of the molecule is COc1ccnc(C(O)c2ccccc2)c1OC. The first-order valence-electron chi connectivity index (χ1n) is 5.57. The lowest BCUT2D eigenvalue weighted by Gasteiger charge is -2.16. The van der Waals surface area contributed by atoms with Crippen molar-refractivity contribution in [3.8, 4) is 11.5 Å². The third-order valence-corrected chi connectivity index (χ3v) is 2.69. The number of aliphatic hydroxyl groups excluding tert-OH is 1. The molecule has 2 rings (SSSR count). The fourth-order valence-corrected chi connectivity index (χ4v) is 1.80. The van der Waals surface area contributed by atoms with Crippen LogP contribution < -0.4 is 9.47 Å². The zero-order valence-electron chi connectivity index (χ0n) is 10.3. The molecule has 0 radical (unpaired) electrons. The van der Waals surface area contributed by atoms with Crippen LogP contribution in [-0.2, 0) is 0 Å². The number of methoxy groups -OCH3 is 2. The van der Waals surface area contributed by atoms with Crippen LogP contribution in [0, 0.1) is 0 Å². The van der Waals surface area contributed by atoms with E-state index in [4.69, 9.17) is 9.47 Å². The van der Waals surface area contributed by atoms with Crippen LogP contribution in [0.15, 0.2) is 42.6 Å². The predicted molar refractivity (Wildman–Crippen MR) is 67.8 cm³/mol. The number of benzene rings is 1. The predicted octanol–water partition coefficient (Wildman–Crippen LogP) is 2.18. The Labute approximate surface area is 106 Å². The number of pyridine rings is 1. The number of rotatable bonds is 4. The highest BCUT2D eigenvalue weighted by molar-refractivity contribution is 5.45. The molecular weight excluding hydrogens is 230 g/mol. The van der Waals surface area contributed by atoms with Crippen molar-refractivity contribution in [2.75, 3.05) is 14.2 Å². The van der Waals surface area contributed by atoms with Crippen LogP contribution >= 0.6 is 0 Å². The van der Waals surface area contributed by atoms with Crippen LogP contribution in [0.5, 0.6) is 11.5 Å². The van der Waals surface area contributed by atoms with Crippen molar-refractivity contribution in [2.24, 2.45) is 0 Å². The summed E-state index contributed by atoms with van der Waals surface area (Å²) < 4.78 is 10.4. The monoisotopic (exact) mass is 245 g/mol. The maximum Gasteiger partial charge on any atom is 0.185 e. The maximum atomic E-state index is 10.3. The molecule has 0 amide bonds. The highest BCUT2D eigenvalue weighted by Crippen LogP contribution is 2.35. The molecule has 1 aromatic heterocycles. The molecule has 0 aliphatic carbocycles. The molecular formula is C14H15NO3. The summed E-state index contributed by atoms with van der Waals surface area (Å²) in [5, 5.41) is 10.3. The summed E-state index contributed by atoms with van der Waals surface area (Å²) in [5.74, 6) is 1.01. The van der Waals surface area contributed by atoms with E-state index in [0.717, 1.165) is 5.56 Å². The minimum Gasteiger partial charge on any atom is -0.493 e. The van der Waals surface area contributed by atoms with Crippen molar-refractivity contribution in [1.82, 2.24) is 4.98 Å². The minimum absolute atomic E-state index is 0.447. The Bertz CT molecular complexity index is 514. The molecule has 1 N–H and O–H groups in total. The summed E-state index contributed by atoms with van der Waals surface area (Å²) in [6, 6.07) is 11.0. The van der Waals surface area contributed by atoms with Crippen LogP contribution in [0.25, 0.3) is 0 Å². The summed E-state index contributed by atoms with van der Waals surface area (Å²) >= 11 is 0. The molecule has 0 aliphatic rings. The number of aliphatic hydroxyl groups is 1. The number of ether oxygens (including phenoxy) is 2. The first-order chi connectivity index (χ1) is 8.77. The molecule has 1 atom stereocenters. The zero-order chi connectivity index (χ0) is 13.0. The summed E-state index contributed by atoms with van der Waals surface area (Å²) in [6.45, 7) is 0. The second-order valence-electron chi connectivity index (χ2n) is 3.74. The molecule has 1 heterocycles. The fraction of sp³-hybridized carbons (Fsp3) is 0.214. The van der Waals surface area contributed by atoms with Gasteiger partial charge in [-0.05, 0) is 5.56 Å². The molecule has 94 valence electrons. The van der Waals surface area contributed by atoms with E-state index in [1.807, 2.05) is 30.3 Å². The first kappa shape index (κ1) is 12.4. The van der Waals surface area contributed by atoms with E-state index in [0.29, 0.717) is 17.2 Å². The van der Waals surface area contributed by atoms with Crippen molar-refractivity contribution in [2.45, 2.75) is 6.10 Å². The Hall–Kier alpha value is -2.07. The number of aromatic nitrogens is 1. The second-order valence-corrected chi connectivity index (χ2v) is 3.74. The Morgan fingerprint density at radius 1 is 1.06 bits per heavy atom. The number of hydrogen-bond donors (Lipinski definition) is 1. The normalized spacial score (nSPS) is 11.9. The van der Waals surface area contributed by atoms with Crippen LogP contribution in [0.2, 0.25) is 0 Å². The molecule has 0 bridgehead atoms. The quantitative estimate of drug-likeness (QED) is 0.897. The van der Waals surface area contributed by atoms with Crippen LogP contribution in [0.3, 0.4) is 0 Å². The van der Waals surface area contributed by atoms with Gasteiger partial charge in [-0.15, -0.1) is 0 Å². The summed E-state index contributed by atoms with van der Waals surface area (Å²) in [6.07, 6.45) is 0.749. The average Bonchev–Trinajstić information content (AvgIpc) is 2.46. The van der Waals surface area contributed by atoms with Gasteiger partial charge < -0.3 is 14.6 Å². The molecule has 4 heteroatoms. The van der Waals surface area contributed by atoms with E-state index in [2.05, 4.69) is 4.98 Å². The highest BCUT2D eigenvalue weighted by Gasteiger charge is 2.19. The van der Waals surface area contributed by atoms with Gasteiger partial charge in [0.1, 0.15) is 11.8 Å². The Morgan fingerprint density at radius 3 is 2.39 bits per heavy atom. The molecule has 0 aliphatic heterocycles. The lowest BCUT2D eigenvalue weighted by molar-refractivity contribution is 0.207. The van der Waals surface area contributed by atoms with E-state index >= 15 is 0 Å². The average molecular weight is 245 g/mol. The maximum absolute atomic E-state index is 10.3. The van der Waals surface area contributed by atoms with Gasteiger partial charge in [-0.25, -0.2) is 0 Å². The molecule has 4 nitrogen and oxygen atoms in total. The van der Waals surface area contributed by atoms with Gasteiger partial charge in [0.2, 0.25) is 0 Å². The van der Waals surface area contributed by atoms with Crippen molar-refractivity contribution < 1.29 is 14.6 Å². The van der Waals surface area contributed by atoms with Crippen molar-refractivity contribution >= 4 is 0 Å². The Balaban J connectivity index is 2.45. The molecule has 1 unspecified atom stereocenters. The standard InChI is InChI=1S/C14H15NO3/c1-17-11-8-9-15-12(14(11)18-2)13(16)10-6-4-3-5-7-10/h3-9,13,16H,1-2H3. The lowest BCUT2D eigenvalue weighted by Crippen LogP contribution is -2.06. The Morgan fingerprint density at radius 2 is 1.78 bits per heavy atom. The lowest BCUT2D eigenvalue weighted by atomic mass is 10.1. The van der Waals surface area contributed by atoms with Gasteiger partial charge >= 0.3 is 0 Å². The largest absolute Gasteiger partial charge is 0.493 e. The first-order valence-corrected chi connectivity index (χ1v) is 5.57. The van der Waals surface area contributed by atoms with Gasteiger partial charge in [0.05, 0.1) is 14.2 Å². The summed E-state index contributed by atoms with van der Waals surface area (Å²) in [7, 11) is 3.08. The zero-order valence-corrected chi connectivity index (χ0v) is 10.3. The van der Waals surface area contributed by atoms with E-state index in [1.165, 1.54) is 7.11 Å². The van der Waals surface area contributed by atoms with Crippen LogP contribution in [0.1, 0.15) is 17.4 Å². The van der Waals surface area contributed by atoms with Crippen molar-refractivity contribution in [3.05, 3.63) is 53.9 Å². The smallest absolute Gasteiger partial charge is 0.185 e. The summed E-state index contributed by atoms with van der Waals surface area (Å²) in [4.78, 5) is 4.18. The number of nitrogens with zero attached hydrogens (tertiary/aromatic N) is 1. The molecule has 0 saturated heterocycles. The number of hydrogen-bond acceptors (Lipinski definition) is 4. The fourth-order valence-electron chi connectivity index (χ4n) is 1.80. The molecule has 2 aromatic rings. The van der Waals surface area contributed by atoms with Gasteiger partial charge in [-0.1, -0.05) is 30.3 Å². The molecule has 0 fully saturated rings. The topological polar surface area (TPSA) is 51.6 Å². The van der Waals surface area contributed by atoms with Gasteiger partial charge in [0, 0.05) is 12.3 Å². The molecule has 0 saturated carbocycles. The Kier molecular flexibility index (Phi) is 3.79. The van der Waals surface area contributed by atoms with Crippen LogP contribution in [-0.4, -0.2) is 24.3 Å². The highest BCUT2D eigenvalue weighted by atomic mass is 16.5. The van der Waals surface area contributed by atoms with E-state index in [9.17, 15) is 5.11 Å². The third kappa shape index (κ3) is 2.28.